The first-order valence-corrected chi connectivity index (χ1v) is 7.73. The molecule has 5 heteroatoms. The summed E-state index contributed by atoms with van der Waals surface area (Å²) < 4.78 is 0.743. The van der Waals surface area contributed by atoms with Gasteiger partial charge in [0.1, 0.15) is 6.04 Å². The number of carbonyl (C=O) groups excluding carboxylic acids is 1. The van der Waals surface area contributed by atoms with Crippen LogP contribution in [0.4, 0.5) is 5.69 Å². The number of nitrogens with one attached hydrogen (secondary N) is 2. The van der Waals surface area contributed by atoms with Crippen molar-refractivity contribution in [3.8, 4) is 0 Å². The Morgan fingerprint density at radius 1 is 1.40 bits per heavy atom. The maximum Gasteiger partial charge on any atom is 0.243 e. The molecule has 0 saturated heterocycles. The van der Waals surface area contributed by atoms with Gasteiger partial charge < -0.3 is 10.6 Å². The first-order valence-electron chi connectivity index (χ1n) is 6.53. The highest BCUT2D eigenvalue weighted by atomic mass is 35.5. The topological polar surface area (TPSA) is 41.1 Å². The molecule has 2 heterocycles. The Morgan fingerprint density at radius 3 is 2.90 bits per heavy atom. The molecule has 0 saturated carbocycles. The number of rotatable bonds is 3. The molecule has 0 fully saturated rings. The lowest BCUT2D eigenvalue weighted by molar-refractivity contribution is -0.122. The van der Waals surface area contributed by atoms with Crippen LogP contribution in [0.25, 0.3) is 0 Å². The van der Waals surface area contributed by atoms with Crippen LogP contribution in [-0.2, 0) is 11.2 Å². The fourth-order valence-corrected chi connectivity index (χ4v) is 3.47. The van der Waals surface area contributed by atoms with E-state index in [4.69, 9.17) is 11.6 Å². The minimum Gasteiger partial charge on any atom is -0.373 e. The van der Waals surface area contributed by atoms with Gasteiger partial charge in [-0.05, 0) is 30.7 Å². The van der Waals surface area contributed by atoms with E-state index in [1.54, 1.807) is 0 Å². The van der Waals surface area contributed by atoms with Gasteiger partial charge in [-0.1, -0.05) is 29.8 Å². The second-order valence-electron chi connectivity index (χ2n) is 4.93. The van der Waals surface area contributed by atoms with E-state index in [1.807, 2.05) is 37.3 Å². The highest BCUT2D eigenvalue weighted by Crippen LogP contribution is 2.28. The van der Waals surface area contributed by atoms with Gasteiger partial charge in [-0.25, -0.2) is 0 Å². The number of benzene rings is 1. The third-order valence-electron chi connectivity index (χ3n) is 3.47. The Hall–Kier alpha value is -1.52. The third-order valence-corrected chi connectivity index (χ3v) is 4.88. The molecule has 3 rings (SSSR count). The molecule has 1 aromatic carbocycles. The first-order chi connectivity index (χ1) is 9.63. The molecule has 2 aromatic rings. The van der Waals surface area contributed by atoms with E-state index >= 15 is 0 Å². The summed E-state index contributed by atoms with van der Waals surface area (Å²) in [6, 6.07) is 11.6. The number of anilines is 1. The average molecular weight is 307 g/mol. The van der Waals surface area contributed by atoms with E-state index < -0.39 is 0 Å². The van der Waals surface area contributed by atoms with Crippen LogP contribution in [0.3, 0.4) is 0 Å². The van der Waals surface area contributed by atoms with E-state index in [0.717, 1.165) is 21.3 Å². The number of halogens is 1. The van der Waals surface area contributed by atoms with Gasteiger partial charge in [-0.2, -0.15) is 0 Å². The van der Waals surface area contributed by atoms with Gasteiger partial charge in [0.05, 0.1) is 10.4 Å². The minimum absolute atomic E-state index is 0.0227. The maximum absolute atomic E-state index is 12.3. The zero-order valence-corrected chi connectivity index (χ0v) is 12.6. The van der Waals surface area contributed by atoms with Gasteiger partial charge in [-0.15, -0.1) is 11.3 Å². The van der Waals surface area contributed by atoms with Gasteiger partial charge in [0.2, 0.25) is 5.91 Å². The summed E-state index contributed by atoms with van der Waals surface area (Å²) in [5.41, 5.74) is 2.25. The first kappa shape index (κ1) is 13.5. The molecule has 0 aliphatic carbocycles. The van der Waals surface area contributed by atoms with E-state index in [-0.39, 0.29) is 18.0 Å². The summed E-state index contributed by atoms with van der Waals surface area (Å²) >= 11 is 7.42. The van der Waals surface area contributed by atoms with Crippen molar-refractivity contribution in [1.82, 2.24) is 5.32 Å². The van der Waals surface area contributed by atoms with Gasteiger partial charge in [-0.3, -0.25) is 4.79 Å². The fraction of sp³-hybridized carbons (Fsp3) is 0.267. The van der Waals surface area contributed by atoms with Crippen molar-refractivity contribution >= 4 is 34.5 Å². The van der Waals surface area contributed by atoms with Crippen molar-refractivity contribution in [1.29, 1.82) is 0 Å². The summed E-state index contributed by atoms with van der Waals surface area (Å²) in [5, 5.41) is 6.30. The lowest BCUT2D eigenvalue weighted by atomic mass is 10.1. The predicted octanol–water partition coefficient (Wildman–Crippen LogP) is 3.62. The van der Waals surface area contributed by atoms with Crippen LogP contribution in [-0.4, -0.2) is 11.9 Å². The summed E-state index contributed by atoms with van der Waals surface area (Å²) in [6.07, 6.45) is 0.736. The monoisotopic (exact) mass is 306 g/mol. The number of amides is 1. The molecule has 1 aliphatic rings. The number of hydrogen-bond acceptors (Lipinski definition) is 3. The maximum atomic E-state index is 12.3. The van der Waals surface area contributed by atoms with Crippen molar-refractivity contribution < 1.29 is 4.79 Å². The molecule has 2 atom stereocenters. The van der Waals surface area contributed by atoms with Crippen LogP contribution in [0.15, 0.2) is 36.4 Å². The van der Waals surface area contributed by atoms with Gasteiger partial charge in [0.15, 0.2) is 0 Å². The van der Waals surface area contributed by atoms with E-state index in [2.05, 4.69) is 16.7 Å². The second-order valence-corrected chi connectivity index (χ2v) is 6.68. The number of hydrogen-bond donors (Lipinski definition) is 2. The molecule has 0 bridgehead atoms. The standard InChI is InChI=1S/C15H15ClN2OS/c1-9(13-6-7-14(16)20-13)17-15(19)12-8-10-4-2-3-5-11(10)18-12/h2-7,9,12,18H,8H2,1H3,(H,17,19). The molecule has 1 aliphatic heterocycles. The number of para-hydroxylation sites is 1. The summed E-state index contributed by atoms with van der Waals surface area (Å²) in [5.74, 6) is 0.0261. The Balaban J connectivity index is 1.64. The number of carbonyl (C=O) groups is 1. The lowest BCUT2D eigenvalue weighted by Gasteiger charge is -2.16. The summed E-state index contributed by atoms with van der Waals surface area (Å²) in [4.78, 5) is 13.4. The molecule has 104 valence electrons. The predicted molar refractivity (Wildman–Crippen MR) is 83.4 cm³/mol. The van der Waals surface area contributed by atoms with Crippen LogP contribution in [0.5, 0.6) is 0 Å². The second kappa shape index (κ2) is 5.46. The Bertz CT molecular complexity index is 615. The lowest BCUT2D eigenvalue weighted by Crippen LogP contribution is -2.39. The Labute approximate surface area is 127 Å². The zero-order chi connectivity index (χ0) is 14.1. The molecule has 2 unspecified atom stereocenters. The van der Waals surface area contributed by atoms with E-state index in [9.17, 15) is 4.79 Å². The molecule has 3 nitrogen and oxygen atoms in total. The van der Waals surface area contributed by atoms with Crippen molar-refractivity contribution in [3.63, 3.8) is 0 Å². The van der Waals surface area contributed by atoms with Crippen molar-refractivity contribution in [2.24, 2.45) is 0 Å². The van der Waals surface area contributed by atoms with Crippen molar-refractivity contribution in [3.05, 3.63) is 51.2 Å². The van der Waals surface area contributed by atoms with Crippen LogP contribution in [0.2, 0.25) is 4.34 Å². The largest absolute Gasteiger partial charge is 0.373 e. The molecule has 20 heavy (non-hydrogen) atoms. The third kappa shape index (κ3) is 2.67. The molecular weight excluding hydrogens is 292 g/mol. The SMILES string of the molecule is CC(NC(=O)C1Cc2ccccc2N1)c1ccc(Cl)s1. The number of fused-ring (bicyclic) bond motifs is 1. The quantitative estimate of drug-likeness (QED) is 0.909. The Morgan fingerprint density at radius 2 is 2.20 bits per heavy atom. The number of thiophene rings is 1. The normalized spacial score (nSPS) is 18.2. The zero-order valence-electron chi connectivity index (χ0n) is 11.0. The van der Waals surface area contributed by atoms with Crippen molar-refractivity contribution in [2.45, 2.75) is 25.4 Å². The molecule has 1 amide bonds. The fourth-order valence-electron chi connectivity index (χ4n) is 2.40. The Kier molecular flexibility index (Phi) is 3.68. The van der Waals surface area contributed by atoms with E-state index in [0.29, 0.717) is 0 Å². The van der Waals surface area contributed by atoms with Gasteiger partial charge in [0.25, 0.3) is 0 Å². The van der Waals surface area contributed by atoms with Crippen LogP contribution < -0.4 is 10.6 Å². The summed E-state index contributed by atoms with van der Waals surface area (Å²) in [6.45, 7) is 1.97. The van der Waals surface area contributed by atoms with Crippen LogP contribution in [0, 0.1) is 0 Å². The smallest absolute Gasteiger partial charge is 0.243 e. The van der Waals surface area contributed by atoms with Crippen LogP contribution >= 0.6 is 22.9 Å². The molecular formula is C15H15ClN2OS. The molecule has 0 spiro atoms. The average Bonchev–Trinajstić information content (AvgIpc) is 3.04. The minimum atomic E-state index is -0.190. The van der Waals surface area contributed by atoms with E-state index in [1.165, 1.54) is 16.9 Å². The summed E-state index contributed by atoms with van der Waals surface area (Å²) in [7, 11) is 0. The van der Waals surface area contributed by atoms with Crippen molar-refractivity contribution in [2.75, 3.05) is 5.32 Å². The highest BCUT2D eigenvalue weighted by molar-refractivity contribution is 7.16. The molecule has 2 N–H and O–H groups in total. The van der Waals surface area contributed by atoms with Crippen LogP contribution in [0.1, 0.15) is 23.4 Å². The molecule has 0 radical (unpaired) electrons. The molecule has 1 aromatic heterocycles. The highest BCUT2D eigenvalue weighted by Gasteiger charge is 2.27. The van der Waals surface area contributed by atoms with Gasteiger partial charge in [0, 0.05) is 17.0 Å². The van der Waals surface area contributed by atoms with Gasteiger partial charge >= 0.3 is 0 Å².